The SMILES string of the molecule is CCOc1ccc2nc(Sc3ccc(C=Nc4ccc5nc(SCC(=O)Nc6ccc(C(=O)OC)cc6)sc5c4)cc3[N+](=O)[O-])sc2c1. The number of nitro groups is 1. The Labute approximate surface area is 290 Å². The highest BCUT2D eigenvalue weighted by Crippen LogP contribution is 2.40. The molecule has 0 bridgehead atoms. The van der Waals surface area contributed by atoms with Crippen LogP contribution < -0.4 is 10.1 Å². The number of thioether (sulfide) groups is 1. The van der Waals surface area contributed by atoms with Gasteiger partial charge in [-0.2, -0.15) is 0 Å². The number of aliphatic imine (C=N–C) groups is 1. The lowest BCUT2D eigenvalue weighted by Crippen LogP contribution is -2.14. The smallest absolute Gasteiger partial charge is 0.337 e. The van der Waals surface area contributed by atoms with E-state index < -0.39 is 10.9 Å². The molecule has 11 nitrogen and oxygen atoms in total. The molecule has 1 N–H and O–H groups in total. The number of hydrogen-bond donors (Lipinski definition) is 1. The number of methoxy groups -OCH3 is 1. The number of nitro benzene ring substituents is 1. The maximum absolute atomic E-state index is 12.5. The van der Waals surface area contributed by atoms with Crippen LogP contribution in [-0.4, -0.2) is 52.5 Å². The highest BCUT2D eigenvalue weighted by molar-refractivity contribution is 8.01. The van der Waals surface area contributed by atoms with E-state index in [1.165, 1.54) is 59.4 Å². The number of benzene rings is 4. The summed E-state index contributed by atoms with van der Waals surface area (Å²) in [6.07, 6.45) is 1.59. The van der Waals surface area contributed by atoms with Crippen LogP contribution >= 0.6 is 46.2 Å². The van der Waals surface area contributed by atoms with E-state index in [9.17, 15) is 19.7 Å². The summed E-state index contributed by atoms with van der Waals surface area (Å²) in [5.41, 5.74) is 3.79. The molecule has 6 rings (SSSR count). The first-order valence-corrected chi connectivity index (χ1v) is 17.8. The number of esters is 1. The van der Waals surface area contributed by atoms with Gasteiger partial charge in [0.05, 0.1) is 61.0 Å². The lowest BCUT2D eigenvalue weighted by molar-refractivity contribution is -0.387. The molecule has 15 heteroatoms. The van der Waals surface area contributed by atoms with Crippen LogP contribution in [0.1, 0.15) is 22.8 Å². The summed E-state index contributed by atoms with van der Waals surface area (Å²) in [7, 11) is 1.31. The third kappa shape index (κ3) is 7.99. The van der Waals surface area contributed by atoms with Crippen molar-refractivity contribution in [2.75, 3.05) is 24.8 Å². The van der Waals surface area contributed by atoms with Crippen molar-refractivity contribution < 1.29 is 24.0 Å². The fraction of sp³-hybridized carbons (Fsp3) is 0.121. The normalized spacial score (nSPS) is 11.3. The molecular weight excluding hydrogens is 691 g/mol. The van der Waals surface area contributed by atoms with Crippen molar-refractivity contribution in [2.24, 2.45) is 4.99 Å². The average molecular weight is 716 g/mol. The van der Waals surface area contributed by atoms with E-state index in [-0.39, 0.29) is 17.3 Å². The van der Waals surface area contributed by atoms with Crippen molar-refractivity contribution in [2.45, 2.75) is 20.5 Å². The van der Waals surface area contributed by atoms with Crippen LogP contribution in [0.2, 0.25) is 0 Å². The largest absolute Gasteiger partial charge is 0.494 e. The van der Waals surface area contributed by atoms with E-state index >= 15 is 0 Å². The van der Waals surface area contributed by atoms with Crippen LogP contribution in [0.15, 0.2) is 97.4 Å². The Balaban J connectivity index is 1.09. The maximum atomic E-state index is 12.5. The molecule has 0 spiro atoms. The van der Waals surface area contributed by atoms with Crippen LogP contribution in [-0.2, 0) is 9.53 Å². The molecule has 0 saturated carbocycles. The maximum Gasteiger partial charge on any atom is 0.337 e. The number of aromatic nitrogens is 2. The van der Waals surface area contributed by atoms with Crippen molar-refractivity contribution in [1.82, 2.24) is 9.97 Å². The predicted molar refractivity (Wildman–Crippen MR) is 192 cm³/mol. The monoisotopic (exact) mass is 715 g/mol. The molecule has 0 fully saturated rings. The van der Waals surface area contributed by atoms with Gasteiger partial charge in [0.1, 0.15) is 5.75 Å². The first-order valence-electron chi connectivity index (χ1n) is 14.3. The minimum Gasteiger partial charge on any atom is -0.494 e. The van der Waals surface area contributed by atoms with Crippen molar-refractivity contribution in [3.8, 4) is 5.75 Å². The van der Waals surface area contributed by atoms with Crippen molar-refractivity contribution >= 4 is 102 Å². The van der Waals surface area contributed by atoms with Crippen molar-refractivity contribution in [3.05, 3.63) is 100 Å². The van der Waals surface area contributed by atoms with Gasteiger partial charge in [0.15, 0.2) is 8.68 Å². The lowest BCUT2D eigenvalue weighted by Gasteiger charge is -2.05. The van der Waals surface area contributed by atoms with E-state index in [2.05, 4.69) is 25.0 Å². The molecule has 2 aromatic heterocycles. The molecule has 0 aliphatic rings. The zero-order valence-electron chi connectivity index (χ0n) is 25.4. The third-order valence-electron chi connectivity index (χ3n) is 6.66. The Morgan fingerprint density at radius 2 is 1.69 bits per heavy atom. The summed E-state index contributed by atoms with van der Waals surface area (Å²) in [5.74, 6) is 0.270. The summed E-state index contributed by atoms with van der Waals surface area (Å²) in [4.78, 5) is 49.9. The quantitative estimate of drug-likeness (QED) is 0.0429. The van der Waals surface area contributed by atoms with Gasteiger partial charge in [0, 0.05) is 18.0 Å². The van der Waals surface area contributed by atoms with E-state index in [1.54, 1.807) is 42.6 Å². The summed E-state index contributed by atoms with van der Waals surface area (Å²) < 4.78 is 13.5. The van der Waals surface area contributed by atoms with Gasteiger partial charge in [-0.15, -0.1) is 22.7 Å². The van der Waals surface area contributed by atoms with Crippen LogP contribution in [0.25, 0.3) is 20.4 Å². The number of hydrogen-bond acceptors (Lipinski definition) is 13. The number of carbonyl (C=O) groups excluding carboxylic acids is 2. The Hall–Kier alpha value is -4.83. The van der Waals surface area contributed by atoms with Gasteiger partial charge < -0.3 is 14.8 Å². The molecule has 4 aromatic carbocycles. The number of ether oxygens (including phenoxy) is 2. The van der Waals surface area contributed by atoms with Crippen molar-refractivity contribution in [3.63, 3.8) is 0 Å². The Morgan fingerprint density at radius 3 is 2.44 bits per heavy atom. The Morgan fingerprint density at radius 1 is 0.958 bits per heavy atom. The molecule has 0 aliphatic carbocycles. The van der Waals surface area contributed by atoms with Gasteiger partial charge in [-0.3, -0.25) is 19.9 Å². The number of anilines is 1. The first-order chi connectivity index (χ1) is 23.3. The summed E-state index contributed by atoms with van der Waals surface area (Å²) in [5, 5.41) is 14.8. The molecule has 0 atom stereocenters. The number of carbonyl (C=O) groups is 2. The molecule has 6 aromatic rings. The highest BCUT2D eigenvalue weighted by Gasteiger charge is 2.18. The zero-order valence-corrected chi connectivity index (χ0v) is 28.6. The Bertz CT molecular complexity index is 2180. The van der Waals surface area contributed by atoms with Crippen LogP contribution in [0, 0.1) is 10.1 Å². The number of rotatable bonds is 12. The average Bonchev–Trinajstić information content (AvgIpc) is 3.69. The fourth-order valence-electron chi connectivity index (χ4n) is 4.44. The van der Waals surface area contributed by atoms with E-state index in [0.717, 1.165) is 30.5 Å². The molecule has 0 unspecified atom stereocenters. The second-order valence-corrected chi connectivity index (χ2v) is 14.5. The molecule has 0 radical (unpaired) electrons. The number of fused-ring (bicyclic) bond motifs is 2. The number of thiazole rings is 2. The van der Waals surface area contributed by atoms with Gasteiger partial charge in [0.2, 0.25) is 5.91 Å². The van der Waals surface area contributed by atoms with Gasteiger partial charge in [-0.25, -0.2) is 14.8 Å². The molecular formula is C33H25N5O6S4. The molecule has 242 valence electrons. The van der Waals surface area contributed by atoms with Crippen LogP contribution in [0.4, 0.5) is 17.1 Å². The number of nitrogens with zero attached hydrogens (tertiary/aromatic N) is 4. The van der Waals surface area contributed by atoms with Gasteiger partial charge in [-0.05, 0) is 79.2 Å². The molecule has 48 heavy (non-hydrogen) atoms. The molecule has 0 aliphatic heterocycles. The summed E-state index contributed by atoms with van der Waals surface area (Å²) in [6, 6.07) is 22.7. The lowest BCUT2D eigenvalue weighted by atomic mass is 10.2. The number of amides is 1. The second kappa shape index (κ2) is 14.9. The highest BCUT2D eigenvalue weighted by atomic mass is 32.2. The minimum absolute atomic E-state index is 0.0277. The molecule has 2 heterocycles. The zero-order chi connectivity index (χ0) is 33.6. The van der Waals surface area contributed by atoms with Crippen LogP contribution in [0.3, 0.4) is 0 Å². The molecule has 0 saturated heterocycles. The van der Waals surface area contributed by atoms with Gasteiger partial charge in [0.25, 0.3) is 5.69 Å². The van der Waals surface area contributed by atoms with Crippen molar-refractivity contribution in [1.29, 1.82) is 0 Å². The summed E-state index contributed by atoms with van der Waals surface area (Å²) >= 11 is 5.48. The van der Waals surface area contributed by atoms with Crippen LogP contribution in [0.5, 0.6) is 5.75 Å². The third-order valence-corrected chi connectivity index (χ3v) is 11.0. The van der Waals surface area contributed by atoms with Gasteiger partial charge >= 0.3 is 5.97 Å². The minimum atomic E-state index is -0.444. The number of nitrogens with one attached hydrogen (secondary N) is 1. The fourth-order valence-corrected chi connectivity index (χ4v) is 8.48. The summed E-state index contributed by atoms with van der Waals surface area (Å²) in [6.45, 7) is 2.49. The first kappa shape index (κ1) is 33.1. The second-order valence-electron chi connectivity index (χ2n) is 9.92. The topological polar surface area (TPSA) is 146 Å². The van der Waals surface area contributed by atoms with E-state index in [4.69, 9.17) is 4.74 Å². The van der Waals surface area contributed by atoms with Gasteiger partial charge in [-0.1, -0.05) is 29.6 Å². The van der Waals surface area contributed by atoms with E-state index in [0.29, 0.717) is 38.3 Å². The van der Waals surface area contributed by atoms with E-state index in [1.807, 2.05) is 43.3 Å². The Kier molecular flexibility index (Phi) is 10.3. The molecule has 1 amide bonds. The standard InChI is InChI=1S/C33H25N5O6S4/c1-3-44-23-10-12-25-29(16-23)48-33(37-25)46-27-13-4-19(14-26(27)38(41)42)17-34-22-9-11-24-28(15-22)47-32(36-24)45-18-30(39)35-21-7-5-20(6-8-21)31(40)43-2/h4-17H,3,18H2,1-2H3,(H,35,39). The predicted octanol–water partition coefficient (Wildman–Crippen LogP) is 8.63.